The highest BCUT2D eigenvalue weighted by molar-refractivity contribution is 6.15. The molecule has 21 heavy (non-hydrogen) atoms. The summed E-state index contributed by atoms with van der Waals surface area (Å²) in [4.78, 5) is 16.3. The van der Waals surface area contributed by atoms with Crippen LogP contribution in [0.15, 0.2) is 60.7 Å². The van der Waals surface area contributed by atoms with Gasteiger partial charge in [-0.2, -0.15) is 0 Å². The molecule has 0 spiro atoms. The number of fused-ring (bicyclic) bond motifs is 3. The minimum Gasteiger partial charge on any atom is -0.478 e. The average molecular weight is 273 g/mol. The fourth-order valence-corrected chi connectivity index (χ4v) is 2.81. The van der Waals surface area contributed by atoms with Gasteiger partial charge in [0.15, 0.2) is 0 Å². The Morgan fingerprint density at radius 2 is 1.48 bits per heavy atom. The van der Waals surface area contributed by atoms with Gasteiger partial charge in [0, 0.05) is 10.8 Å². The van der Waals surface area contributed by atoms with Gasteiger partial charge in [-0.15, -0.1) is 0 Å². The molecule has 100 valence electrons. The van der Waals surface area contributed by atoms with E-state index >= 15 is 0 Å². The van der Waals surface area contributed by atoms with E-state index < -0.39 is 5.97 Å². The van der Waals surface area contributed by atoms with Crippen LogP contribution in [0.4, 0.5) is 0 Å². The molecule has 0 radical (unpaired) electrons. The first-order valence-electron chi connectivity index (χ1n) is 6.68. The van der Waals surface area contributed by atoms with Gasteiger partial charge < -0.3 is 5.11 Å². The zero-order valence-electron chi connectivity index (χ0n) is 11.1. The van der Waals surface area contributed by atoms with Crippen LogP contribution in [0.5, 0.6) is 0 Å². The molecule has 0 saturated heterocycles. The third-order valence-electron chi connectivity index (χ3n) is 3.76. The Balaban J connectivity index is 2.28. The topological polar surface area (TPSA) is 50.2 Å². The first-order valence-corrected chi connectivity index (χ1v) is 6.68. The van der Waals surface area contributed by atoms with Crippen molar-refractivity contribution < 1.29 is 9.90 Å². The third-order valence-corrected chi connectivity index (χ3v) is 3.76. The van der Waals surface area contributed by atoms with E-state index in [-0.39, 0.29) is 0 Å². The van der Waals surface area contributed by atoms with Crippen LogP contribution in [0, 0.1) is 0 Å². The molecule has 0 aliphatic heterocycles. The lowest BCUT2D eigenvalue weighted by atomic mass is 9.99. The molecule has 0 aliphatic carbocycles. The van der Waals surface area contributed by atoms with Gasteiger partial charge in [-0.1, -0.05) is 42.5 Å². The van der Waals surface area contributed by atoms with Crippen LogP contribution >= 0.6 is 0 Å². The number of rotatable bonds is 1. The number of carbonyl (C=O) groups is 1. The van der Waals surface area contributed by atoms with Crippen molar-refractivity contribution in [2.45, 2.75) is 0 Å². The maximum absolute atomic E-state index is 11.7. The number of para-hydroxylation sites is 1. The Kier molecular flexibility index (Phi) is 2.42. The molecule has 0 atom stereocenters. The Morgan fingerprint density at radius 1 is 0.810 bits per heavy atom. The van der Waals surface area contributed by atoms with E-state index in [0.717, 1.165) is 10.8 Å². The molecule has 3 aromatic carbocycles. The Labute approximate surface area is 120 Å². The van der Waals surface area contributed by atoms with Crippen molar-refractivity contribution in [3.05, 3.63) is 66.2 Å². The molecule has 4 aromatic rings. The molecule has 1 aromatic heterocycles. The van der Waals surface area contributed by atoms with Crippen LogP contribution in [0.2, 0.25) is 0 Å². The quantitative estimate of drug-likeness (QED) is 0.528. The molecule has 0 amide bonds. The highest BCUT2D eigenvalue weighted by atomic mass is 16.4. The number of benzene rings is 3. The predicted octanol–water partition coefficient (Wildman–Crippen LogP) is 4.24. The predicted molar refractivity (Wildman–Crippen MR) is 83.7 cm³/mol. The van der Waals surface area contributed by atoms with E-state index in [4.69, 9.17) is 0 Å². The molecule has 0 bridgehead atoms. The van der Waals surface area contributed by atoms with Crippen molar-refractivity contribution in [1.29, 1.82) is 0 Å². The van der Waals surface area contributed by atoms with Crippen LogP contribution < -0.4 is 0 Å². The SMILES string of the molecule is O=C(O)c1c2ccccc2nc2cc3ccccc3cc12. The zero-order valence-corrected chi connectivity index (χ0v) is 11.1. The molecular weight excluding hydrogens is 262 g/mol. The van der Waals surface area contributed by atoms with Crippen molar-refractivity contribution in [1.82, 2.24) is 4.98 Å². The molecule has 0 fully saturated rings. The molecule has 1 heterocycles. The Hall–Kier alpha value is -2.94. The summed E-state index contributed by atoms with van der Waals surface area (Å²) in [6, 6.07) is 19.1. The van der Waals surface area contributed by atoms with Crippen LogP contribution in [0.1, 0.15) is 10.4 Å². The van der Waals surface area contributed by atoms with Gasteiger partial charge in [0.25, 0.3) is 0 Å². The van der Waals surface area contributed by atoms with E-state index in [2.05, 4.69) is 4.98 Å². The van der Waals surface area contributed by atoms with E-state index in [0.29, 0.717) is 27.4 Å². The highest BCUT2D eigenvalue weighted by Crippen LogP contribution is 2.29. The fourth-order valence-electron chi connectivity index (χ4n) is 2.81. The number of carboxylic acids is 1. The maximum atomic E-state index is 11.7. The molecule has 0 unspecified atom stereocenters. The monoisotopic (exact) mass is 273 g/mol. The summed E-state index contributed by atoms with van der Waals surface area (Å²) < 4.78 is 0. The summed E-state index contributed by atoms with van der Waals surface area (Å²) in [6.07, 6.45) is 0. The first kappa shape index (κ1) is 11.9. The second kappa shape index (κ2) is 4.28. The average Bonchev–Trinajstić information content (AvgIpc) is 2.50. The minimum absolute atomic E-state index is 0.321. The van der Waals surface area contributed by atoms with Gasteiger partial charge in [-0.3, -0.25) is 0 Å². The summed E-state index contributed by atoms with van der Waals surface area (Å²) in [5.41, 5.74) is 1.74. The number of aromatic carboxylic acids is 1. The molecule has 3 heteroatoms. The third kappa shape index (κ3) is 1.75. The first-order chi connectivity index (χ1) is 10.2. The summed E-state index contributed by atoms with van der Waals surface area (Å²) in [7, 11) is 0. The molecule has 3 nitrogen and oxygen atoms in total. The second-order valence-corrected chi connectivity index (χ2v) is 5.03. The van der Waals surface area contributed by atoms with Crippen LogP contribution in [-0.4, -0.2) is 16.1 Å². The lowest BCUT2D eigenvalue weighted by Crippen LogP contribution is -2.00. The van der Waals surface area contributed by atoms with Gasteiger partial charge in [-0.25, -0.2) is 9.78 Å². The van der Waals surface area contributed by atoms with E-state index in [1.54, 1.807) is 6.07 Å². The van der Waals surface area contributed by atoms with Crippen molar-refractivity contribution in [2.75, 3.05) is 0 Å². The summed E-state index contributed by atoms with van der Waals surface area (Å²) in [6.45, 7) is 0. The molecule has 0 saturated carbocycles. The molecular formula is C18H11NO2. The summed E-state index contributed by atoms with van der Waals surface area (Å²) in [5.74, 6) is -0.922. The highest BCUT2D eigenvalue weighted by Gasteiger charge is 2.15. The van der Waals surface area contributed by atoms with Crippen molar-refractivity contribution in [3.63, 3.8) is 0 Å². The number of hydrogen-bond donors (Lipinski definition) is 1. The van der Waals surface area contributed by atoms with Gasteiger partial charge in [0.2, 0.25) is 0 Å². The summed E-state index contributed by atoms with van der Waals surface area (Å²) >= 11 is 0. The maximum Gasteiger partial charge on any atom is 0.337 e. The van der Waals surface area contributed by atoms with E-state index in [1.165, 1.54) is 0 Å². The van der Waals surface area contributed by atoms with Crippen LogP contribution in [0.25, 0.3) is 32.6 Å². The lowest BCUT2D eigenvalue weighted by molar-refractivity contribution is 0.0701. The van der Waals surface area contributed by atoms with Gasteiger partial charge in [0.05, 0.1) is 16.6 Å². The fraction of sp³-hybridized carbons (Fsp3) is 0. The van der Waals surface area contributed by atoms with E-state index in [1.807, 2.05) is 54.6 Å². The van der Waals surface area contributed by atoms with Crippen LogP contribution in [-0.2, 0) is 0 Å². The van der Waals surface area contributed by atoms with Crippen molar-refractivity contribution >= 4 is 38.5 Å². The lowest BCUT2D eigenvalue weighted by Gasteiger charge is -2.08. The number of nitrogens with zero attached hydrogens (tertiary/aromatic N) is 1. The smallest absolute Gasteiger partial charge is 0.337 e. The Bertz CT molecular complexity index is 1020. The number of pyridine rings is 1. The van der Waals surface area contributed by atoms with E-state index in [9.17, 15) is 9.90 Å². The van der Waals surface area contributed by atoms with Gasteiger partial charge >= 0.3 is 5.97 Å². The molecule has 1 N–H and O–H groups in total. The van der Waals surface area contributed by atoms with Crippen molar-refractivity contribution in [3.8, 4) is 0 Å². The standard InChI is InChI=1S/C18H11NO2/c20-18(21)17-13-7-3-4-8-15(13)19-16-10-12-6-2-1-5-11(12)9-14(16)17/h1-10H,(H,20,21). The zero-order chi connectivity index (χ0) is 14.4. The minimum atomic E-state index is -0.922. The normalized spacial score (nSPS) is 11.2. The number of carboxylic acid groups (broad SMARTS) is 1. The molecule has 0 aliphatic rings. The van der Waals surface area contributed by atoms with Crippen LogP contribution in [0.3, 0.4) is 0 Å². The summed E-state index contributed by atoms with van der Waals surface area (Å²) in [5, 5.41) is 13.1. The van der Waals surface area contributed by atoms with Gasteiger partial charge in [0.1, 0.15) is 0 Å². The molecule has 4 rings (SSSR count). The Morgan fingerprint density at radius 3 is 2.24 bits per heavy atom. The van der Waals surface area contributed by atoms with Crippen molar-refractivity contribution in [2.24, 2.45) is 0 Å². The number of aromatic nitrogens is 1. The second-order valence-electron chi connectivity index (χ2n) is 5.03. The number of hydrogen-bond acceptors (Lipinski definition) is 2. The van der Waals surface area contributed by atoms with Gasteiger partial charge in [-0.05, 0) is 29.0 Å². The largest absolute Gasteiger partial charge is 0.478 e.